The number of halogens is 1. The highest BCUT2D eigenvalue weighted by Crippen LogP contribution is 2.22. The van der Waals surface area contributed by atoms with Crippen LogP contribution in [0.25, 0.3) is 0 Å². The zero-order valence-electron chi connectivity index (χ0n) is 15.2. The van der Waals surface area contributed by atoms with Crippen molar-refractivity contribution in [1.29, 1.82) is 0 Å². The number of nitrogens with one attached hydrogen (secondary N) is 2. The molecule has 7 nitrogen and oxygen atoms in total. The maximum Gasteiger partial charge on any atom is 0.253 e. The van der Waals surface area contributed by atoms with E-state index in [1.54, 1.807) is 36.4 Å². The maximum absolute atomic E-state index is 12.6. The number of sulfonamides is 1. The summed E-state index contributed by atoms with van der Waals surface area (Å²) in [6.07, 6.45) is 1.91. The van der Waals surface area contributed by atoms with Gasteiger partial charge in [-0.1, -0.05) is 28.1 Å². The molecule has 2 amide bonds. The van der Waals surface area contributed by atoms with E-state index < -0.39 is 15.9 Å². The highest BCUT2D eigenvalue weighted by molar-refractivity contribution is 9.10. The van der Waals surface area contributed by atoms with Gasteiger partial charge in [-0.25, -0.2) is 8.42 Å². The summed E-state index contributed by atoms with van der Waals surface area (Å²) < 4.78 is 26.9. The molecule has 2 aromatic rings. The minimum absolute atomic E-state index is 0.0928. The first-order valence-corrected chi connectivity index (χ1v) is 10.9. The SMILES string of the molecule is CN(CC(=O)Nc1ccccc1C(=O)NC1CC1)S(=O)(=O)c1ccc(Br)cc1. The summed E-state index contributed by atoms with van der Waals surface area (Å²) in [5.41, 5.74) is 0.696. The molecule has 0 bridgehead atoms. The van der Waals surface area contributed by atoms with Crippen molar-refractivity contribution in [2.75, 3.05) is 18.9 Å². The fraction of sp³-hybridized carbons (Fsp3) is 0.263. The second-order valence-electron chi connectivity index (χ2n) is 6.56. The van der Waals surface area contributed by atoms with Crippen LogP contribution >= 0.6 is 15.9 Å². The quantitative estimate of drug-likeness (QED) is 0.656. The average molecular weight is 466 g/mol. The zero-order valence-corrected chi connectivity index (χ0v) is 17.6. The highest BCUT2D eigenvalue weighted by atomic mass is 79.9. The topological polar surface area (TPSA) is 95.6 Å². The first-order valence-electron chi connectivity index (χ1n) is 8.69. The van der Waals surface area contributed by atoms with Crippen molar-refractivity contribution in [3.8, 4) is 0 Å². The minimum atomic E-state index is -3.80. The lowest BCUT2D eigenvalue weighted by Gasteiger charge is -2.17. The van der Waals surface area contributed by atoms with Gasteiger partial charge in [-0.2, -0.15) is 4.31 Å². The summed E-state index contributed by atoms with van der Waals surface area (Å²) in [5.74, 6) is -0.788. The van der Waals surface area contributed by atoms with Gasteiger partial charge in [-0.3, -0.25) is 9.59 Å². The van der Waals surface area contributed by atoms with E-state index in [0.29, 0.717) is 11.3 Å². The van der Waals surface area contributed by atoms with Gasteiger partial charge in [0.15, 0.2) is 0 Å². The Balaban J connectivity index is 1.68. The van der Waals surface area contributed by atoms with Crippen LogP contribution in [-0.4, -0.2) is 44.2 Å². The summed E-state index contributed by atoms with van der Waals surface area (Å²) in [6.45, 7) is -0.378. The molecular formula is C19H20BrN3O4S. The van der Waals surface area contributed by atoms with E-state index in [-0.39, 0.29) is 23.4 Å². The number of likely N-dealkylation sites (N-methyl/N-ethyl adjacent to an activating group) is 1. The third-order valence-corrected chi connectivity index (χ3v) is 6.59. The van der Waals surface area contributed by atoms with E-state index in [1.807, 2.05) is 0 Å². The number of rotatable bonds is 7. The Morgan fingerprint density at radius 2 is 1.75 bits per heavy atom. The van der Waals surface area contributed by atoms with E-state index in [9.17, 15) is 18.0 Å². The summed E-state index contributed by atoms with van der Waals surface area (Å²) >= 11 is 3.26. The van der Waals surface area contributed by atoms with Crippen LogP contribution < -0.4 is 10.6 Å². The van der Waals surface area contributed by atoms with Crippen LogP contribution in [0, 0.1) is 0 Å². The molecular weight excluding hydrogens is 446 g/mol. The molecule has 9 heteroatoms. The number of carbonyl (C=O) groups excluding carboxylic acids is 2. The minimum Gasteiger partial charge on any atom is -0.349 e. The molecule has 3 rings (SSSR count). The predicted octanol–water partition coefficient (Wildman–Crippen LogP) is 2.60. The van der Waals surface area contributed by atoms with E-state index in [0.717, 1.165) is 21.6 Å². The maximum atomic E-state index is 12.6. The standard InChI is InChI=1S/C19H20BrN3O4S/c1-23(28(26,27)15-10-6-13(20)7-11-15)12-18(24)22-17-5-3-2-4-16(17)19(25)21-14-8-9-14/h2-7,10-11,14H,8-9,12H2,1H3,(H,21,25)(H,22,24). The molecule has 28 heavy (non-hydrogen) atoms. The first-order chi connectivity index (χ1) is 13.3. The van der Waals surface area contributed by atoms with Crippen LogP contribution in [0.3, 0.4) is 0 Å². The molecule has 0 unspecified atom stereocenters. The van der Waals surface area contributed by atoms with Crippen LogP contribution in [0.4, 0.5) is 5.69 Å². The molecule has 0 radical (unpaired) electrons. The van der Waals surface area contributed by atoms with Crippen LogP contribution in [0.15, 0.2) is 57.9 Å². The van der Waals surface area contributed by atoms with Crippen molar-refractivity contribution in [3.63, 3.8) is 0 Å². The van der Waals surface area contributed by atoms with Gasteiger partial charge in [-0.05, 0) is 49.2 Å². The smallest absolute Gasteiger partial charge is 0.253 e. The van der Waals surface area contributed by atoms with Crippen molar-refractivity contribution in [2.24, 2.45) is 0 Å². The van der Waals surface area contributed by atoms with E-state index in [1.165, 1.54) is 19.2 Å². The molecule has 0 saturated heterocycles. The number of amides is 2. The Morgan fingerprint density at radius 1 is 1.11 bits per heavy atom. The molecule has 1 saturated carbocycles. The third kappa shape index (κ3) is 4.98. The third-order valence-electron chi connectivity index (χ3n) is 4.25. The van der Waals surface area contributed by atoms with E-state index in [2.05, 4.69) is 26.6 Å². The van der Waals surface area contributed by atoms with Crippen LogP contribution in [-0.2, 0) is 14.8 Å². The molecule has 0 aliphatic heterocycles. The fourth-order valence-corrected chi connectivity index (χ4v) is 3.94. The lowest BCUT2D eigenvalue weighted by molar-refractivity contribution is -0.116. The molecule has 148 valence electrons. The number of nitrogens with zero attached hydrogens (tertiary/aromatic N) is 1. The largest absolute Gasteiger partial charge is 0.349 e. The molecule has 0 heterocycles. The monoisotopic (exact) mass is 465 g/mol. The number of benzene rings is 2. The second kappa shape index (κ2) is 8.42. The normalized spacial score (nSPS) is 14.0. The van der Waals surface area contributed by atoms with Gasteiger partial charge in [0.25, 0.3) is 5.91 Å². The van der Waals surface area contributed by atoms with Gasteiger partial charge < -0.3 is 10.6 Å². The summed E-state index contributed by atoms with van der Waals surface area (Å²) in [6, 6.07) is 13.0. The molecule has 1 aliphatic rings. The highest BCUT2D eigenvalue weighted by Gasteiger charge is 2.26. The first kappa shape index (κ1) is 20.5. The van der Waals surface area contributed by atoms with Crippen molar-refractivity contribution in [2.45, 2.75) is 23.8 Å². The second-order valence-corrected chi connectivity index (χ2v) is 9.52. The van der Waals surface area contributed by atoms with Crippen molar-refractivity contribution >= 4 is 43.5 Å². The molecule has 0 spiro atoms. The molecule has 2 N–H and O–H groups in total. The number of anilines is 1. The summed E-state index contributed by atoms with van der Waals surface area (Å²) in [5, 5.41) is 5.51. The van der Waals surface area contributed by atoms with E-state index >= 15 is 0 Å². The van der Waals surface area contributed by atoms with Gasteiger partial charge in [0, 0.05) is 17.6 Å². The Bertz CT molecular complexity index is 988. The van der Waals surface area contributed by atoms with Crippen LogP contribution in [0.1, 0.15) is 23.2 Å². The fourth-order valence-electron chi connectivity index (χ4n) is 2.54. The van der Waals surface area contributed by atoms with Crippen molar-refractivity contribution < 1.29 is 18.0 Å². The van der Waals surface area contributed by atoms with Gasteiger partial charge in [0.2, 0.25) is 15.9 Å². The Kier molecular flexibility index (Phi) is 6.17. The van der Waals surface area contributed by atoms with E-state index in [4.69, 9.17) is 0 Å². The van der Waals surface area contributed by atoms with Crippen LogP contribution in [0.2, 0.25) is 0 Å². The number of hydrogen-bond acceptors (Lipinski definition) is 4. The Labute approximate surface area is 172 Å². The van der Waals surface area contributed by atoms with Crippen molar-refractivity contribution in [3.05, 3.63) is 58.6 Å². The Morgan fingerprint density at radius 3 is 2.39 bits per heavy atom. The molecule has 0 atom stereocenters. The zero-order chi connectivity index (χ0) is 20.3. The van der Waals surface area contributed by atoms with Crippen LogP contribution in [0.5, 0.6) is 0 Å². The van der Waals surface area contributed by atoms with Crippen molar-refractivity contribution in [1.82, 2.24) is 9.62 Å². The summed E-state index contributed by atoms with van der Waals surface area (Å²) in [7, 11) is -2.47. The molecule has 1 aliphatic carbocycles. The number of hydrogen-bond donors (Lipinski definition) is 2. The molecule has 1 fully saturated rings. The number of para-hydroxylation sites is 1. The van der Waals surface area contributed by atoms with Gasteiger partial charge >= 0.3 is 0 Å². The lowest BCUT2D eigenvalue weighted by atomic mass is 10.1. The summed E-state index contributed by atoms with van der Waals surface area (Å²) in [4.78, 5) is 24.8. The van der Waals surface area contributed by atoms with Gasteiger partial charge in [-0.15, -0.1) is 0 Å². The average Bonchev–Trinajstić information content (AvgIpc) is 3.46. The lowest BCUT2D eigenvalue weighted by Crippen LogP contribution is -2.35. The number of carbonyl (C=O) groups is 2. The van der Waals surface area contributed by atoms with Gasteiger partial charge in [0.1, 0.15) is 0 Å². The predicted molar refractivity (Wildman–Crippen MR) is 110 cm³/mol. The molecule has 2 aromatic carbocycles. The molecule has 0 aromatic heterocycles. The Hall–Kier alpha value is -2.23. The van der Waals surface area contributed by atoms with Gasteiger partial charge in [0.05, 0.1) is 22.7 Å².